The standard InChI is InChI=1S/C14H22N2/c1-4-8-15-9-10-16(3)12-14-7-5-6-13(2)11-14/h4-7,11,15H,1,8-10,12H2,2-3H3. The third-order valence-corrected chi connectivity index (χ3v) is 2.49. The summed E-state index contributed by atoms with van der Waals surface area (Å²) in [4.78, 5) is 2.32. The van der Waals surface area contributed by atoms with Crippen molar-refractivity contribution >= 4 is 0 Å². The molecular formula is C14H22N2. The Kier molecular flexibility index (Phi) is 5.83. The molecule has 1 aromatic rings. The number of aryl methyl sites for hydroxylation is 1. The fraction of sp³-hybridized carbons (Fsp3) is 0.429. The molecule has 0 amide bonds. The van der Waals surface area contributed by atoms with Gasteiger partial charge in [-0.1, -0.05) is 35.9 Å². The van der Waals surface area contributed by atoms with Crippen molar-refractivity contribution in [3.8, 4) is 0 Å². The van der Waals surface area contributed by atoms with Gasteiger partial charge in [0.25, 0.3) is 0 Å². The number of rotatable bonds is 7. The monoisotopic (exact) mass is 218 g/mol. The molecule has 88 valence electrons. The van der Waals surface area contributed by atoms with Gasteiger partial charge in [-0.2, -0.15) is 0 Å². The van der Waals surface area contributed by atoms with E-state index in [9.17, 15) is 0 Å². The molecule has 2 nitrogen and oxygen atoms in total. The Bertz CT molecular complexity index is 320. The number of nitrogens with zero attached hydrogens (tertiary/aromatic N) is 1. The molecule has 0 atom stereocenters. The molecule has 0 spiro atoms. The summed E-state index contributed by atoms with van der Waals surface area (Å²) < 4.78 is 0. The van der Waals surface area contributed by atoms with E-state index in [2.05, 4.69) is 55.0 Å². The highest BCUT2D eigenvalue weighted by atomic mass is 15.1. The van der Waals surface area contributed by atoms with Gasteiger partial charge in [0.15, 0.2) is 0 Å². The minimum Gasteiger partial charge on any atom is -0.312 e. The van der Waals surface area contributed by atoms with Crippen LogP contribution in [0.1, 0.15) is 11.1 Å². The highest BCUT2D eigenvalue weighted by molar-refractivity contribution is 5.21. The Morgan fingerprint density at radius 3 is 2.94 bits per heavy atom. The van der Waals surface area contributed by atoms with E-state index in [0.717, 1.165) is 26.2 Å². The number of hydrogen-bond acceptors (Lipinski definition) is 2. The molecule has 0 aliphatic heterocycles. The lowest BCUT2D eigenvalue weighted by Crippen LogP contribution is -2.28. The summed E-state index contributed by atoms with van der Waals surface area (Å²) in [5.74, 6) is 0. The van der Waals surface area contributed by atoms with Crippen LogP contribution >= 0.6 is 0 Å². The van der Waals surface area contributed by atoms with Crippen LogP contribution in [0.5, 0.6) is 0 Å². The maximum absolute atomic E-state index is 3.68. The summed E-state index contributed by atoms with van der Waals surface area (Å²) in [6.07, 6.45) is 1.89. The smallest absolute Gasteiger partial charge is 0.0231 e. The lowest BCUT2D eigenvalue weighted by atomic mass is 10.1. The van der Waals surface area contributed by atoms with E-state index >= 15 is 0 Å². The zero-order valence-electron chi connectivity index (χ0n) is 10.4. The SMILES string of the molecule is C=CCNCCN(C)Cc1cccc(C)c1. The van der Waals surface area contributed by atoms with Crippen LogP contribution in [0.15, 0.2) is 36.9 Å². The van der Waals surface area contributed by atoms with Crippen molar-refractivity contribution in [2.75, 3.05) is 26.7 Å². The second kappa shape index (κ2) is 7.20. The van der Waals surface area contributed by atoms with Gasteiger partial charge in [-0.15, -0.1) is 6.58 Å². The summed E-state index contributed by atoms with van der Waals surface area (Å²) in [5.41, 5.74) is 2.71. The zero-order chi connectivity index (χ0) is 11.8. The van der Waals surface area contributed by atoms with Gasteiger partial charge >= 0.3 is 0 Å². The third kappa shape index (κ3) is 5.10. The van der Waals surface area contributed by atoms with E-state index in [1.807, 2.05) is 6.08 Å². The van der Waals surface area contributed by atoms with Crippen molar-refractivity contribution in [1.82, 2.24) is 10.2 Å². The molecule has 1 N–H and O–H groups in total. The molecule has 0 saturated heterocycles. The molecule has 0 aliphatic carbocycles. The number of hydrogen-bond donors (Lipinski definition) is 1. The van der Waals surface area contributed by atoms with E-state index in [4.69, 9.17) is 0 Å². The molecule has 0 fully saturated rings. The van der Waals surface area contributed by atoms with Gasteiger partial charge < -0.3 is 10.2 Å². The van der Waals surface area contributed by atoms with Crippen molar-refractivity contribution in [1.29, 1.82) is 0 Å². The number of nitrogens with one attached hydrogen (secondary N) is 1. The molecule has 16 heavy (non-hydrogen) atoms. The first kappa shape index (κ1) is 12.9. The van der Waals surface area contributed by atoms with Crippen LogP contribution in [-0.2, 0) is 6.54 Å². The Hall–Kier alpha value is -1.12. The van der Waals surface area contributed by atoms with Crippen LogP contribution in [0.3, 0.4) is 0 Å². The molecule has 1 aromatic carbocycles. The Morgan fingerprint density at radius 2 is 2.25 bits per heavy atom. The van der Waals surface area contributed by atoms with E-state index < -0.39 is 0 Å². The molecule has 2 heteroatoms. The topological polar surface area (TPSA) is 15.3 Å². The van der Waals surface area contributed by atoms with Gasteiger partial charge in [0.05, 0.1) is 0 Å². The van der Waals surface area contributed by atoms with Gasteiger partial charge in [0.1, 0.15) is 0 Å². The lowest BCUT2D eigenvalue weighted by molar-refractivity contribution is 0.326. The van der Waals surface area contributed by atoms with Crippen molar-refractivity contribution in [3.63, 3.8) is 0 Å². The minimum atomic E-state index is 0.887. The van der Waals surface area contributed by atoms with Gasteiger partial charge in [0.2, 0.25) is 0 Å². The highest BCUT2D eigenvalue weighted by Gasteiger charge is 1.99. The summed E-state index contributed by atoms with van der Waals surface area (Å²) in [6, 6.07) is 8.68. The molecule has 0 unspecified atom stereocenters. The lowest BCUT2D eigenvalue weighted by Gasteiger charge is -2.17. The van der Waals surface area contributed by atoms with Crippen molar-refractivity contribution < 1.29 is 0 Å². The number of benzene rings is 1. The van der Waals surface area contributed by atoms with Crippen LogP contribution in [-0.4, -0.2) is 31.6 Å². The number of likely N-dealkylation sites (N-methyl/N-ethyl adjacent to an activating group) is 1. The average Bonchev–Trinajstić information content (AvgIpc) is 2.24. The molecule has 1 rings (SSSR count). The normalized spacial score (nSPS) is 10.7. The quantitative estimate of drug-likeness (QED) is 0.557. The molecule has 0 aromatic heterocycles. The third-order valence-electron chi connectivity index (χ3n) is 2.49. The summed E-state index contributed by atoms with van der Waals surface area (Å²) >= 11 is 0. The van der Waals surface area contributed by atoms with Gasteiger partial charge in [-0.05, 0) is 19.5 Å². The van der Waals surface area contributed by atoms with Crippen LogP contribution in [0, 0.1) is 6.92 Å². The fourth-order valence-corrected chi connectivity index (χ4v) is 1.68. The first-order valence-electron chi connectivity index (χ1n) is 5.78. The van der Waals surface area contributed by atoms with Crippen LogP contribution in [0.25, 0.3) is 0 Å². The largest absolute Gasteiger partial charge is 0.312 e. The second-order valence-electron chi connectivity index (χ2n) is 4.22. The second-order valence-corrected chi connectivity index (χ2v) is 4.22. The minimum absolute atomic E-state index is 0.887. The first-order chi connectivity index (χ1) is 7.72. The van der Waals surface area contributed by atoms with Crippen LogP contribution < -0.4 is 5.32 Å². The molecule has 0 bridgehead atoms. The average molecular weight is 218 g/mol. The zero-order valence-corrected chi connectivity index (χ0v) is 10.4. The van der Waals surface area contributed by atoms with Gasteiger partial charge in [0, 0.05) is 26.2 Å². The Morgan fingerprint density at radius 1 is 1.44 bits per heavy atom. The molecule has 0 aliphatic rings. The molecule has 0 radical (unpaired) electrons. The summed E-state index contributed by atoms with van der Waals surface area (Å²) in [5, 5.41) is 3.30. The molecule has 0 saturated carbocycles. The van der Waals surface area contributed by atoms with Gasteiger partial charge in [-0.3, -0.25) is 0 Å². The Balaban J connectivity index is 2.28. The summed E-state index contributed by atoms with van der Waals surface area (Å²) in [7, 11) is 2.15. The first-order valence-corrected chi connectivity index (χ1v) is 5.78. The molecule has 0 heterocycles. The predicted octanol–water partition coefficient (Wildman–Crippen LogP) is 2.20. The van der Waals surface area contributed by atoms with E-state index in [1.165, 1.54) is 11.1 Å². The maximum atomic E-state index is 3.68. The van der Waals surface area contributed by atoms with Crippen LogP contribution in [0.2, 0.25) is 0 Å². The highest BCUT2D eigenvalue weighted by Crippen LogP contribution is 2.05. The predicted molar refractivity (Wildman–Crippen MR) is 70.6 cm³/mol. The maximum Gasteiger partial charge on any atom is 0.0231 e. The Labute approximate surface area is 99.0 Å². The van der Waals surface area contributed by atoms with Gasteiger partial charge in [-0.25, -0.2) is 0 Å². The van der Waals surface area contributed by atoms with Crippen LogP contribution in [0.4, 0.5) is 0 Å². The van der Waals surface area contributed by atoms with E-state index in [0.29, 0.717) is 0 Å². The van der Waals surface area contributed by atoms with Crippen molar-refractivity contribution in [2.24, 2.45) is 0 Å². The van der Waals surface area contributed by atoms with Crippen molar-refractivity contribution in [3.05, 3.63) is 48.0 Å². The molecular weight excluding hydrogens is 196 g/mol. The fourth-order valence-electron chi connectivity index (χ4n) is 1.68. The summed E-state index contributed by atoms with van der Waals surface area (Å²) in [6.45, 7) is 9.78. The van der Waals surface area contributed by atoms with Crippen molar-refractivity contribution in [2.45, 2.75) is 13.5 Å². The van der Waals surface area contributed by atoms with E-state index in [-0.39, 0.29) is 0 Å². The van der Waals surface area contributed by atoms with E-state index in [1.54, 1.807) is 0 Å².